The van der Waals surface area contributed by atoms with E-state index in [1.54, 1.807) is 13.2 Å². The number of aliphatic hydroxyl groups is 1. The van der Waals surface area contributed by atoms with E-state index in [2.05, 4.69) is 20.5 Å². The lowest BCUT2D eigenvalue weighted by atomic mass is 10.2. The van der Waals surface area contributed by atoms with Crippen molar-refractivity contribution in [3.63, 3.8) is 0 Å². The summed E-state index contributed by atoms with van der Waals surface area (Å²) >= 11 is 0. The summed E-state index contributed by atoms with van der Waals surface area (Å²) in [7, 11) is 1.59. The molecule has 0 bridgehead atoms. The Bertz CT molecular complexity index is 558. The lowest BCUT2D eigenvalue weighted by Gasteiger charge is -2.17. The maximum atomic E-state index is 11.2. The molecule has 0 aliphatic heterocycles. The second kappa shape index (κ2) is 5.61. The molecule has 0 fully saturated rings. The number of ether oxygens (including phenoxy) is 1. The average Bonchev–Trinajstić information content (AvgIpc) is 2.71. The Balaban J connectivity index is 2.17. The predicted octanol–water partition coefficient (Wildman–Crippen LogP) is -0.773. The highest BCUT2D eigenvalue weighted by atomic mass is 16.5. The van der Waals surface area contributed by atoms with Crippen LogP contribution in [0.4, 0.5) is 5.82 Å². The van der Waals surface area contributed by atoms with Crippen LogP contribution in [0.2, 0.25) is 0 Å². The van der Waals surface area contributed by atoms with Crippen LogP contribution >= 0.6 is 0 Å². The first-order valence-corrected chi connectivity index (χ1v) is 5.53. The number of fused-ring (bicyclic) bond motifs is 1. The van der Waals surface area contributed by atoms with Crippen molar-refractivity contribution in [2.45, 2.75) is 12.5 Å². The van der Waals surface area contributed by atoms with Crippen LogP contribution in [0.5, 0.6) is 0 Å². The van der Waals surface area contributed by atoms with Crippen molar-refractivity contribution in [3.05, 3.63) is 22.9 Å². The van der Waals surface area contributed by atoms with Crippen molar-refractivity contribution in [2.24, 2.45) is 0 Å². The number of H-pyrrole nitrogens is 1. The number of hydrogen-bond acceptors (Lipinski definition) is 6. The topological polar surface area (TPSA) is 105 Å². The van der Waals surface area contributed by atoms with E-state index in [1.165, 1.54) is 10.7 Å². The molecule has 8 heteroatoms. The number of hydrogen-bond donors (Lipinski definition) is 3. The van der Waals surface area contributed by atoms with Crippen molar-refractivity contribution < 1.29 is 9.84 Å². The Morgan fingerprint density at radius 2 is 2.50 bits per heavy atom. The van der Waals surface area contributed by atoms with Gasteiger partial charge >= 0.3 is 5.69 Å². The van der Waals surface area contributed by atoms with Crippen molar-refractivity contribution in [1.82, 2.24) is 19.6 Å². The summed E-state index contributed by atoms with van der Waals surface area (Å²) in [4.78, 5) is 15.3. The highest BCUT2D eigenvalue weighted by Gasteiger charge is 2.09. The molecule has 2 heterocycles. The molecular weight excluding hydrogens is 238 g/mol. The fourth-order valence-electron chi connectivity index (χ4n) is 1.65. The van der Waals surface area contributed by atoms with Gasteiger partial charge in [-0.05, 0) is 6.42 Å². The van der Waals surface area contributed by atoms with Gasteiger partial charge in [0.25, 0.3) is 0 Å². The van der Waals surface area contributed by atoms with Gasteiger partial charge in [0.15, 0.2) is 5.65 Å². The van der Waals surface area contributed by atoms with Crippen molar-refractivity contribution >= 4 is 11.5 Å². The smallest absolute Gasteiger partial charge is 0.348 e. The molecule has 0 spiro atoms. The lowest BCUT2D eigenvalue weighted by Crippen LogP contribution is -2.26. The minimum atomic E-state index is -0.326. The molecule has 2 rings (SSSR count). The summed E-state index contributed by atoms with van der Waals surface area (Å²) in [6, 6.07) is 1.61. The maximum absolute atomic E-state index is 11.2. The second-order valence-corrected chi connectivity index (χ2v) is 3.84. The predicted molar refractivity (Wildman–Crippen MR) is 64.6 cm³/mol. The Morgan fingerprint density at radius 1 is 1.67 bits per heavy atom. The molecule has 0 saturated heterocycles. The van der Waals surface area contributed by atoms with E-state index in [4.69, 9.17) is 9.84 Å². The molecule has 2 aromatic rings. The summed E-state index contributed by atoms with van der Waals surface area (Å²) in [6.07, 6.45) is 1.94. The van der Waals surface area contributed by atoms with Gasteiger partial charge in [-0.1, -0.05) is 0 Å². The van der Waals surface area contributed by atoms with Crippen molar-refractivity contribution in [2.75, 3.05) is 25.6 Å². The molecular formula is C10H15N5O3. The molecule has 1 unspecified atom stereocenters. The number of aliphatic hydroxyl groups excluding tert-OH is 1. The molecule has 98 valence electrons. The van der Waals surface area contributed by atoms with Crippen LogP contribution in [0.15, 0.2) is 17.2 Å². The molecule has 8 nitrogen and oxygen atoms in total. The number of aromatic amines is 1. The van der Waals surface area contributed by atoms with Crippen LogP contribution in [0, 0.1) is 0 Å². The fourth-order valence-corrected chi connectivity index (χ4v) is 1.65. The fraction of sp³-hybridized carbons (Fsp3) is 0.500. The first kappa shape index (κ1) is 12.5. The van der Waals surface area contributed by atoms with Gasteiger partial charge in [-0.25, -0.2) is 19.3 Å². The molecule has 0 radical (unpaired) electrons. The number of aromatic nitrogens is 4. The van der Waals surface area contributed by atoms with Crippen LogP contribution in [-0.2, 0) is 4.74 Å². The molecule has 0 amide bonds. The highest BCUT2D eigenvalue weighted by Crippen LogP contribution is 2.08. The van der Waals surface area contributed by atoms with Crippen molar-refractivity contribution in [3.8, 4) is 0 Å². The van der Waals surface area contributed by atoms with Gasteiger partial charge in [0.05, 0.1) is 12.6 Å². The number of anilines is 1. The van der Waals surface area contributed by atoms with Crippen LogP contribution in [0.3, 0.4) is 0 Å². The summed E-state index contributed by atoms with van der Waals surface area (Å²) in [5.74, 6) is 0.581. The number of rotatable bonds is 6. The monoisotopic (exact) mass is 253 g/mol. The molecule has 0 aliphatic carbocycles. The largest absolute Gasteiger partial charge is 0.396 e. The Hall–Kier alpha value is -1.93. The quantitative estimate of drug-likeness (QED) is 0.624. The summed E-state index contributed by atoms with van der Waals surface area (Å²) in [6.45, 7) is 0.520. The van der Waals surface area contributed by atoms with Gasteiger partial charge in [-0.3, -0.25) is 0 Å². The van der Waals surface area contributed by atoms with Gasteiger partial charge in [-0.2, -0.15) is 5.10 Å². The van der Waals surface area contributed by atoms with Gasteiger partial charge in [0.1, 0.15) is 12.1 Å². The molecule has 0 aromatic carbocycles. The van der Waals surface area contributed by atoms with Crippen LogP contribution in [0.1, 0.15) is 6.42 Å². The minimum absolute atomic E-state index is 0.0411. The van der Waals surface area contributed by atoms with E-state index in [-0.39, 0.29) is 18.3 Å². The molecule has 2 aromatic heterocycles. The van der Waals surface area contributed by atoms with Crippen LogP contribution in [0.25, 0.3) is 5.65 Å². The molecule has 0 aliphatic rings. The van der Waals surface area contributed by atoms with Crippen molar-refractivity contribution in [1.29, 1.82) is 0 Å². The molecule has 3 N–H and O–H groups in total. The third-order valence-corrected chi connectivity index (χ3v) is 2.51. The first-order chi connectivity index (χ1) is 8.74. The number of nitrogens with one attached hydrogen (secondary N) is 2. The second-order valence-electron chi connectivity index (χ2n) is 3.84. The van der Waals surface area contributed by atoms with E-state index in [0.29, 0.717) is 24.5 Å². The van der Waals surface area contributed by atoms with E-state index in [9.17, 15) is 4.79 Å². The van der Waals surface area contributed by atoms with Gasteiger partial charge in [0, 0.05) is 19.8 Å². The summed E-state index contributed by atoms with van der Waals surface area (Å²) < 4.78 is 6.35. The first-order valence-electron chi connectivity index (χ1n) is 5.53. The standard InChI is InChI=1S/C10H15N5O3/c1-18-5-7(2-3-16)12-8-4-9-13-14-10(17)15(9)6-11-8/h4,6-7,12,16H,2-3,5H2,1H3,(H,14,17). The van der Waals surface area contributed by atoms with E-state index in [0.717, 1.165) is 0 Å². The number of nitrogens with zero attached hydrogens (tertiary/aromatic N) is 3. The van der Waals surface area contributed by atoms with Gasteiger partial charge in [-0.15, -0.1) is 0 Å². The third kappa shape index (κ3) is 2.66. The van der Waals surface area contributed by atoms with E-state index >= 15 is 0 Å². The normalized spacial score (nSPS) is 12.8. The zero-order valence-electron chi connectivity index (χ0n) is 9.96. The number of methoxy groups -OCH3 is 1. The molecule has 0 saturated carbocycles. The molecule has 18 heavy (non-hydrogen) atoms. The van der Waals surface area contributed by atoms with E-state index in [1.807, 2.05) is 0 Å². The van der Waals surface area contributed by atoms with Gasteiger partial charge in [0.2, 0.25) is 0 Å². The average molecular weight is 253 g/mol. The minimum Gasteiger partial charge on any atom is -0.396 e. The molecule has 1 atom stereocenters. The Morgan fingerprint density at radius 3 is 3.22 bits per heavy atom. The van der Waals surface area contributed by atoms with E-state index < -0.39 is 0 Å². The van der Waals surface area contributed by atoms with Crippen LogP contribution < -0.4 is 11.0 Å². The van der Waals surface area contributed by atoms with Crippen LogP contribution in [-0.4, -0.2) is 51.1 Å². The van der Waals surface area contributed by atoms with Gasteiger partial charge < -0.3 is 15.2 Å². The Kier molecular flexibility index (Phi) is 3.90. The SMILES string of the molecule is COCC(CCO)Nc1cc2n[nH]c(=O)n2cn1. The lowest BCUT2D eigenvalue weighted by molar-refractivity contribution is 0.170. The zero-order chi connectivity index (χ0) is 13.0. The summed E-state index contributed by atoms with van der Waals surface area (Å²) in [5.41, 5.74) is 0.158. The Labute approximate surface area is 103 Å². The highest BCUT2D eigenvalue weighted by molar-refractivity contribution is 5.48. The summed E-state index contributed by atoms with van der Waals surface area (Å²) in [5, 5.41) is 18.2. The zero-order valence-corrected chi connectivity index (χ0v) is 9.96. The maximum Gasteiger partial charge on any atom is 0.348 e. The third-order valence-electron chi connectivity index (χ3n) is 2.51.